The average Bonchev–Trinajstić information content (AvgIpc) is 0.965. The molecule has 594 valence electrons. The third-order valence-electron chi connectivity index (χ3n) is 19.0. The molecule has 0 fully saturated rings. The summed E-state index contributed by atoms with van der Waals surface area (Å²) in [6.45, 7) is 7.36. The van der Waals surface area contributed by atoms with E-state index in [4.69, 9.17) is 37.0 Å². The van der Waals surface area contributed by atoms with Crippen molar-refractivity contribution in [2.45, 2.75) is 451 Å². The van der Waals surface area contributed by atoms with Crippen molar-refractivity contribution in [1.29, 1.82) is 0 Å². The van der Waals surface area contributed by atoms with Crippen LogP contribution in [-0.4, -0.2) is 96.7 Å². The van der Waals surface area contributed by atoms with Gasteiger partial charge in [0.2, 0.25) is 0 Å². The molecular formula is C81H158O17P2. The lowest BCUT2D eigenvalue weighted by Gasteiger charge is -2.21. The second kappa shape index (κ2) is 73.9. The topological polar surface area (TPSA) is 237 Å². The van der Waals surface area contributed by atoms with Crippen molar-refractivity contribution in [3.05, 3.63) is 0 Å². The maximum atomic E-state index is 13.1. The molecule has 17 nitrogen and oxygen atoms in total. The maximum absolute atomic E-state index is 13.1. The van der Waals surface area contributed by atoms with Crippen LogP contribution in [-0.2, 0) is 65.4 Å². The predicted octanol–water partition coefficient (Wildman–Crippen LogP) is 24.4. The van der Waals surface area contributed by atoms with E-state index in [1.54, 1.807) is 0 Å². The number of hydrogen-bond acceptors (Lipinski definition) is 15. The molecule has 0 saturated carbocycles. The standard InChI is InChI=1S/C81H158O17P2/c1-6-9-12-15-18-21-24-26-27-28-32-36-40-45-50-55-60-65-79(84)92-71-77(98-81(86)67-62-57-52-47-42-37-33-30-29-31-35-39-43-48-53-58-63-74(4)5)73-96-100(89,90)94-69-75(82)68-93-99(87,88)95-72-76(70-91-78(83)64-59-54-49-44-38-23-20-17-14-11-8-3)97-80(85)66-61-56-51-46-41-34-25-22-19-16-13-10-7-2/h74-77,82H,6-73H2,1-5H3,(H,87,88)(H,89,90)/t75-,76+,77+/m0/s1. The number of hydrogen-bond donors (Lipinski definition) is 3. The number of rotatable bonds is 81. The third kappa shape index (κ3) is 74.3. The Morgan fingerprint density at radius 3 is 0.680 bits per heavy atom. The quantitative estimate of drug-likeness (QED) is 0.0222. The normalized spacial score (nSPS) is 13.8. The van der Waals surface area contributed by atoms with Crippen molar-refractivity contribution in [2.24, 2.45) is 5.92 Å². The lowest BCUT2D eigenvalue weighted by Crippen LogP contribution is -2.30. The molecule has 0 aliphatic rings. The maximum Gasteiger partial charge on any atom is 0.472 e. The molecule has 0 heterocycles. The van der Waals surface area contributed by atoms with Gasteiger partial charge < -0.3 is 33.8 Å². The number of phosphoric acid groups is 2. The first kappa shape index (κ1) is 98.1. The molecule has 2 unspecified atom stereocenters. The van der Waals surface area contributed by atoms with E-state index in [0.717, 1.165) is 95.8 Å². The van der Waals surface area contributed by atoms with Crippen LogP contribution < -0.4 is 0 Å². The van der Waals surface area contributed by atoms with Crippen LogP contribution in [0, 0.1) is 5.92 Å². The molecular weight excluding hydrogens is 1310 g/mol. The molecule has 0 bridgehead atoms. The highest BCUT2D eigenvalue weighted by atomic mass is 31.2. The van der Waals surface area contributed by atoms with Crippen LogP contribution >= 0.6 is 15.6 Å². The Morgan fingerprint density at radius 1 is 0.270 bits per heavy atom. The summed E-state index contributed by atoms with van der Waals surface area (Å²) in [4.78, 5) is 73.0. The van der Waals surface area contributed by atoms with E-state index in [1.165, 1.54) is 257 Å². The van der Waals surface area contributed by atoms with Gasteiger partial charge in [-0.2, -0.15) is 0 Å². The van der Waals surface area contributed by atoms with E-state index in [9.17, 15) is 43.2 Å². The van der Waals surface area contributed by atoms with Gasteiger partial charge in [0.05, 0.1) is 26.4 Å². The fraction of sp³-hybridized carbons (Fsp3) is 0.951. The zero-order valence-corrected chi connectivity index (χ0v) is 67.1. The van der Waals surface area contributed by atoms with E-state index in [0.29, 0.717) is 25.7 Å². The first-order valence-corrected chi connectivity index (χ1v) is 45.1. The van der Waals surface area contributed by atoms with Crippen LogP contribution in [0.1, 0.15) is 433 Å². The summed E-state index contributed by atoms with van der Waals surface area (Å²) in [5, 5.41) is 10.6. The van der Waals surface area contributed by atoms with Gasteiger partial charge in [-0.1, -0.05) is 381 Å². The molecule has 0 rings (SSSR count). The number of phosphoric ester groups is 2. The molecule has 0 aliphatic heterocycles. The zero-order chi connectivity index (χ0) is 73.4. The summed E-state index contributed by atoms with van der Waals surface area (Å²) < 4.78 is 68.7. The zero-order valence-electron chi connectivity index (χ0n) is 65.3. The largest absolute Gasteiger partial charge is 0.472 e. The molecule has 0 aromatic heterocycles. The fourth-order valence-corrected chi connectivity index (χ4v) is 14.2. The van der Waals surface area contributed by atoms with Gasteiger partial charge in [-0.05, 0) is 31.6 Å². The SMILES string of the molecule is CCCCCCCCCCCCCCCCCCCC(=O)OC[C@H](COP(=O)(O)OC[C@@H](O)COP(=O)(O)OC[C@@H](COC(=O)CCCCCCCCCCCCC)OC(=O)CCCCCCCCCCCCCCC)OC(=O)CCCCCCCCCCCCCCCCCCC(C)C. The fourth-order valence-electron chi connectivity index (χ4n) is 12.6. The molecule has 100 heavy (non-hydrogen) atoms. The van der Waals surface area contributed by atoms with Crippen molar-refractivity contribution in [3.63, 3.8) is 0 Å². The summed E-state index contributed by atoms with van der Waals surface area (Å²) in [5.41, 5.74) is 0. The van der Waals surface area contributed by atoms with Crippen LogP contribution in [0.4, 0.5) is 0 Å². The minimum Gasteiger partial charge on any atom is -0.462 e. The van der Waals surface area contributed by atoms with Crippen molar-refractivity contribution in [2.75, 3.05) is 39.6 Å². The third-order valence-corrected chi connectivity index (χ3v) is 20.9. The minimum absolute atomic E-state index is 0.108. The number of aliphatic hydroxyl groups is 1. The number of ether oxygens (including phenoxy) is 4. The van der Waals surface area contributed by atoms with Gasteiger partial charge >= 0.3 is 39.5 Å². The van der Waals surface area contributed by atoms with Gasteiger partial charge in [-0.25, -0.2) is 9.13 Å². The highest BCUT2D eigenvalue weighted by Crippen LogP contribution is 2.45. The highest BCUT2D eigenvalue weighted by molar-refractivity contribution is 7.47. The summed E-state index contributed by atoms with van der Waals surface area (Å²) in [5.74, 6) is -1.29. The van der Waals surface area contributed by atoms with Gasteiger partial charge in [0.15, 0.2) is 12.2 Å². The average molecular weight is 1470 g/mol. The Morgan fingerprint density at radius 2 is 0.460 bits per heavy atom. The van der Waals surface area contributed by atoms with Crippen LogP contribution in [0.25, 0.3) is 0 Å². The number of esters is 4. The van der Waals surface area contributed by atoms with Gasteiger partial charge in [0, 0.05) is 25.7 Å². The van der Waals surface area contributed by atoms with Crippen LogP contribution in [0.2, 0.25) is 0 Å². The molecule has 0 aromatic rings. The first-order valence-electron chi connectivity index (χ1n) is 42.1. The van der Waals surface area contributed by atoms with Gasteiger partial charge in [-0.15, -0.1) is 0 Å². The summed E-state index contributed by atoms with van der Waals surface area (Å²) in [6, 6.07) is 0. The summed E-state index contributed by atoms with van der Waals surface area (Å²) >= 11 is 0. The predicted molar refractivity (Wildman–Crippen MR) is 409 cm³/mol. The Balaban J connectivity index is 5.24. The van der Waals surface area contributed by atoms with Crippen molar-refractivity contribution in [3.8, 4) is 0 Å². The molecule has 0 aromatic carbocycles. The van der Waals surface area contributed by atoms with Crippen LogP contribution in [0.5, 0.6) is 0 Å². The van der Waals surface area contributed by atoms with Gasteiger partial charge in [0.1, 0.15) is 19.3 Å². The number of unbranched alkanes of at least 4 members (excludes halogenated alkanes) is 53. The lowest BCUT2D eigenvalue weighted by molar-refractivity contribution is -0.161. The second-order valence-corrected chi connectivity index (χ2v) is 32.5. The van der Waals surface area contributed by atoms with E-state index in [1.807, 2.05) is 0 Å². The highest BCUT2D eigenvalue weighted by Gasteiger charge is 2.30. The van der Waals surface area contributed by atoms with Crippen molar-refractivity contribution >= 4 is 39.5 Å². The van der Waals surface area contributed by atoms with Crippen LogP contribution in [0.15, 0.2) is 0 Å². The molecule has 5 atom stereocenters. The molecule has 0 spiro atoms. The van der Waals surface area contributed by atoms with E-state index in [2.05, 4.69) is 34.6 Å². The second-order valence-electron chi connectivity index (χ2n) is 29.6. The van der Waals surface area contributed by atoms with E-state index >= 15 is 0 Å². The van der Waals surface area contributed by atoms with E-state index < -0.39 is 97.5 Å². The number of carbonyl (C=O) groups is 4. The first-order chi connectivity index (χ1) is 48.5. The van der Waals surface area contributed by atoms with Crippen molar-refractivity contribution < 1.29 is 80.2 Å². The molecule has 0 radical (unpaired) electrons. The smallest absolute Gasteiger partial charge is 0.462 e. The van der Waals surface area contributed by atoms with Crippen molar-refractivity contribution in [1.82, 2.24) is 0 Å². The molecule has 3 N–H and O–H groups in total. The monoisotopic (exact) mass is 1470 g/mol. The number of aliphatic hydroxyl groups excluding tert-OH is 1. The van der Waals surface area contributed by atoms with E-state index in [-0.39, 0.29) is 25.7 Å². The van der Waals surface area contributed by atoms with Gasteiger partial charge in [-0.3, -0.25) is 37.3 Å². The molecule has 0 saturated heterocycles. The number of carbonyl (C=O) groups excluding carboxylic acids is 4. The molecule has 19 heteroatoms. The van der Waals surface area contributed by atoms with Gasteiger partial charge in [0.25, 0.3) is 0 Å². The minimum atomic E-state index is -4.96. The van der Waals surface area contributed by atoms with Crippen LogP contribution in [0.3, 0.4) is 0 Å². The molecule has 0 amide bonds. The Labute approximate surface area is 613 Å². The Hall–Kier alpha value is -1.94. The Bertz CT molecular complexity index is 1910. The Kier molecular flexibility index (Phi) is 72.5. The summed E-state index contributed by atoms with van der Waals surface area (Å²) in [7, 11) is -9.92. The lowest BCUT2D eigenvalue weighted by atomic mass is 10.0. The summed E-state index contributed by atoms with van der Waals surface area (Å²) in [6.07, 6.45) is 65.1. The molecule has 0 aliphatic carbocycles.